The first-order valence-corrected chi connectivity index (χ1v) is 6.85. The largest absolute Gasteiger partial charge is 0.508 e. The maximum Gasteiger partial charge on any atom is 0.123 e. The number of hydrogen-bond donors (Lipinski definition) is 2. The second-order valence-corrected chi connectivity index (χ2v) is 5.30. The number of aromatic hydroxyl groups is 1. The monoisotopic (exact) mass is 293 g/mol. The summed E-state index contributed by atoms with van der Waals surface area (Å²) in [5.41, 5.74) is 1.58. The molecule has 0 aliphatic carbocycles. The van der Waals surface area contributed by atoms with Gasteiger partial charge in [0.1, 0.15) is 11.6 Å². The molecule has 0 aliphatic heterocycles. The Bertz CT molecular complexity index is 603. The highest BCUT2D eigenvalue weighted by molar-refractivity contribution is 6.30. The van der Waals surface area contributed by atoms with Gasteiger partial charge in [0.2, 0.25) is 0 Å². The molecule has 2 aromatic rings. The van der Waals surface area contributed by atoms with Crippen LogP contribution in [0.15, 0.2) is 42.5 Å². The molecule has 0 spiro atoms. The number of phenolic OH excluding ortho intramolecular Hbond substituents is 1. The highest BCUT2D eigenvalue weighted by Crippen LogP contribution is 2.27. The minimum atomic E-state index is -0.359. The van der Waals surface area contributed by atoms with Gasteiger partial charge in [0, 0.05) is 22.7 Å². The van der Waals surface area contributed by atoms with Crippen molar-refractivity contribution in [1.29, 1.82) is 0 Å². The van der Waals surface area contributed by atoms with Crippen molar-refractivity contribution in [3.63, 3.8) is 0 Å². The minimum absolute atomic E-state index is 0.0337. The number of halogens is 2. The fourth-order valence-electron chi connectivity index (χ4n) is 2.21. The molecule has 2 atom stereocenters. The van der Waals surface area contributed by atoms with E-state index in [4.69, 9.17) is 11.6 Å². The molecule has 1 unspecified atom stereocenters. The molecule has 0 amide bonds. The van der Waals surface area contributed by atoms with Crippen LogP contribution in [0.3, 0.4) is 0 Å². The van der Waals surface area contributed by atoms with Crippen LogP contribution in [0.4, 0.5) is 4.39 Å². The SMILES string of the molecule is CC(N[C@H](C)c1cccc(Cl)c1)c1cc(F)ccc1O. The summed E-state index contributed by atoms with van der Waals surface area (Å²) in [7, 11) is 0. The van der Waals surface area contributed by atoms with Gasteiger partial charge in [0.05, 0.1) is 0 Å². The number of rotatable bonds is 4. The average Bonchev–Trinajstić information content (AvgIpc) is 2.41. The normalized spacial score (nSPS) is 14.0. The molecule has 0 aromatic heterocycles. The van der Waals surface area contributed by atoms with E-state index in [1.807, 2.05) is 38.1 Å². The van der Waals surface area contributed by atoms with Gasteiger partial charge in [0.25, 0.3) is 0 Å². The second kappa shape index (κ2) is 6.25. The van der Waals surface area contributed by atoms with E-state index in [9.17, 15) is 9.50 Å². The fraction of sp³-hybridized carbons (Fsp3) is 0.250. The predicted octanol–water partition coefficient (Wildman–Crippen LogP) is 4.60. The number of benzene rings is 2. The lowest BCUT2D eigenvalue weighted by Gasteiger charge is -2.21. The summed E-state index contributed by atoms with van der Waals surface area (Å²) in [6.45, 7) is 3.88. The van der Waals surface area contributed by atoms with Crippen molar-refractivity contribution >= 4 is 11.6 Å². The van der Waals surface area contributed by atoms with Gasteiger partial charge in [-0.15, -0.1) is 0 Å². The van der Waals surface area contributed by atoms with Gasteiger partial charge in [-0.1, -0.05) is 23.7 Å². The topological polar surface area (TPSA) is 32.3 Å². The maximum atomic E-state index is 13.3. The van der Waals surface area contributed by atoms with Crippen LogP contribution in [-0.4, -0.2) is 5.11 Å². The van der Waals surface area contributed by atoms with Crippen LogP contribution in [0.1, 0.15) is 37.1 Å². The van der Waals surface area contributed by atoms with Crippen LogP contribution in [-0.2, 0) is 0 Å². The van der Waals surface area contributed by atoms with Crippen molar-refractivity contribution in [2.45, 2.75) is 25.9 Å². The first kappa shape index (κ1) is 14.8. The van der Waals surface area contributed by atoms with E-state index in [2.05, 4.69) is 5.32 Å². The van der Waals surface area contributed by atoms with Crippen LogP contribution >= 0.6 is 11.6 Å². The molecule has 0 aliphatic rings. The summed E-state index contributed by atoms with van der Waals surface area (Å²) in [4.78, 5) is 0. The fourth-order valence-corrected chi connectivity index (χ4v) is 2.41. The molecular weight excluding hydrogens is 277 g/mol. The smallest absolute Gasteiger partial charge is 0.123 e. The van der Waals surface area contributed by atoms with Gasteiger partial charge < -0.3 is 10.4 Å². The Balaban J connectivity index is 2.15. The zero-order valence-corrected chi connectivity index (χ0v) is 12.2. The molecular formula is C16H17ClFNO. The zero-order chi connectivity index (χ0) is 14.7. The van der Waals surface area contributed by atoms with Crippen molar-refractivity contribution in [3.05, 3.63) is 64.4 Å². The maximum absolute atomic E-state index is 13.3. The van der Waals surface area contributed by atoms with E-state index in [1.165, 1.54) is 18.2 Å². The highest BCUT2D eigenvalue weighted by atomic mass is 35.5. The molecule has 0 radical (unpaired) electrons. The number of hydrogen-bond acceptors (Lipinski definition) is 2. The van der Waals surface area contributed by atoms with Crippen LogP contribution in [0.5, 0.6) is 5.75 Å². The van der Waals surface area contributed by atoms with Gasteiger partial charge in [0.15, 0.2) is 0 Å². The lowest BCUT2D eigenvalue weighted by Crippen LogP contribution is -2.22. The highest BCUT2D eigenvalue weighted by Gasteiger charge is 2.15. The lowest BCUT2D eigenvalue weighted by molar-refractivity contribution is 0.435. The van der Waals surface area contributed by atoms with Gasteiger partial charge in [-0.25, -0.2) is 4.39 Å². The van der Waals surface area contributed by atoms with Gasteiger partial charge in [-0.2, -0.15) is 0 Å². The Morgan fingerprint density at radius 3 is 2.55 bits per heavy atom. The summed E-state index contributed by atoms with van der Waals surface area (Å²) in [6, 6.07) is 11.4. The van der Waals surface area contributed by atoms with Crippen molar-refractivity contribution < 1.29 is 9.50 Å². The minimum Gasteiger partial charge on any atom is -0.508 e. The Labute approximate surface area is 123 Å². The standard InChI is InChI=1S/C16H17ClFNO/c1-10(12-4-3-5-13(17)8-12)19-11(2)15-9-14(18)6-7-16(15)20/h3-11,19-20H,1-2H3/t10-,11?/m1/s1. The summed E-state index contributed by atoms with van der Waals surface area (Å²) in [5, 5.41) is 13.8. The molecule has 2 rings (SSSR count). The first-order chi connectivity index (χ1) is 9.47. The molecule has 0 bridgehead atoms. The summed E-state index contributed by atoms with van der Waals surface area (Å²) < 4.78 is 13.3. The Hall–Kier alpha value is -1.58. The predicted molar refractivity (Wildman–Crippen MR) is 79.5 cm³/mol. The molecule has 0 heterocycles. The van der Waals surface area contributed by atoms with Crippen molar-refractivity contribution in [2.75, 3.05) is 0 Å². The lowest BCUT2D eigenvalue weighted by atomic mass is 10.0. The molecule has 2 aromatic carbocycles. The molecule has 0 saturated heterocycles. The number of nitrogens with one attached hydrogen (secondary N) is 1. The molecule has 2 N–H and O–H groups in total. The number of phenols is 1. The van der Waals surface area contributed by atoms with Crippen LogP contribution < -0.4 is 5.32 Å². The Morgan fingerprint density at radius 2 is 1.85 bits per heavy atom. The van der Waals surface area contributed by atoms with Gasteiger partial charge in [-0.05, 0) is 49.7 Å². The van der Waals surface area contributed by atoms with Crippen molar-refractivity contribution in [1.82, 2.24) is 5.32 Å². The Morgan fingerprint density at radius 1 is 1.10 bits per heavy atom. The molecule has 106 valence electrons. The summed E-state index contributed by atoms with van der Waals surface area (Å²) >= 11 is 5.97. The molecule has 4 heteroatoms. The van der Waals surface area contributed by atoms with Gasteiger partial charge >= 0.3 is 0 Å². The quantitative estimate of drug-likeness (QED) is 0.863. The van der Waals surface area contributed by atoms with Crippen LogP contribution in [0.25, 0.3) is 0 Å². The van der Waals surface area contributed by atoms with Gasteiger partial charge in [-0.3, -0.25) is 0 Å². The third-order valence-corrected chi connectivity index (χ3v) is 3.54. The van der Waals surface area contributed by atoms with E-state index in [1.54, 1.807) is 0 Å². The first-order valence-electron chi connectivity index (χ1n) is 6.47. The van der Waals surface area contributed by atoms with E-state index >= 15 is 0 Å². The molecule has 0 saturated carbocycles. The molecule has 2 nitrogen and oxygen atoms in total. The van der Waals surface area contributed by atoms with Crippen LogP contribution in [0.2, 0.25) is 5.02 Å². The van der Waals surface area contributed by atoms with Crippen molar-refractivity contribution in [3.8, 4) is 5.75 Å². The zero-order valence-electron chi connectivity index (χ0n) is 11.4. The summed E-state index contributed by atoms with van der Waals surface area (Å²) in [5.74, 6) is -0.272. The van der Waals surface area contributed by atoms with E-state index in [0.717, 1.165) is 5.56 Å². The second-order valence-electron chi connectivity index (χ2n) is 4.87. The molecule has 20 heavy (non-hydrogen) atoms. The Kier molecular flexibility index (Phi) is 4.63. The van der Waals surface area contributed by atoms with E-state index < -0.39 is 0 Å². The van der Waals surface area contributed by atoms with Crippen molar-refractivity contribution in [2.24, 2.45) is 0 Å². The van der Waals surface area contributed by atoms with Crippen LogP contribution in [0, 0.1) is 5.82 Å². The summed E-state index contributed by atoms with van der Waals surface area (Å²) in [6.07, 6.45) is 0. The third kappa shape index (κ3) is 3.50. The third-order valence-electron chi connectivity index (χ3n) is 3.30. The average molecular weight is 294 g/mol. The van der Waals surface area contributed by atoms with E-state index in [0.29, 0.717) is 10.6 Å². The van der Waals surface area contributed by atoms with E-state index in [-0.39, 0.29) is 23.7 Å². The molecule has 0 fully saturated rings.